The van der Waals surface area contributed by atoms with Crippen molar-refractivity contribution in [3.8, 4) is 68.8 Å². The van der Waals surface area contributed by atoms with E-state index in [2.05, 4.69) is 34.2 Å². The van der Waals surface area contributed by atoms with Gasteiger partial charge in [0.05, 0.1) is 69.3 Å². The molecule has 3 aromatic heterocycles. The van der Waals surface area contributed by atoms with Crippen LogP contribution in [0.3, 0.4) is 0 Å². The quantitative estimate of drug-likeness (QED) is 0.170. The van der Waals surface area contributed by atoms with Gasteiger partial charge in [0, 0.05) is 61.4 Å². The molecule has 0 aliphatic carbocycles. The molecule has 1 radical (unpaired) electrons. The van der Waals surface area contributed by atoms with Gasteiger partial charge in [0.2, 0.25) is 0 Å². The van der Waals surface area contributed by atoms with Crippen LogP contribution in [-0.4, -0.2) is 19.9 Å². The molecule has 0 atom stereocenters. The number of nitrogens with one attached hydrogen (secondary N) is 2. The van der Waals surface area contributed by atoms with Crippen LogP contribution >= 0.6 is 0 Å². The normalized spacial score (nSPS) is 11.2. The van der Waals surface area contributed by atoms with E-state index >= 15 is 0 Å². The summed E-state index contributed by atoms with van der Waals surface area (Å²) in [5.74, 6) is 0. The van der Waals surface area contributed by atoms with Crippen LogP contribution < -0.4 is 0 Å². The molecule has 2 N–H and O–H groups in total. The third-order valence-electron chi connectivity index (χ3n) is 9.96. The molecule has 57 heavy (non-hydrogen) atoms. The summed E-state index contributed by atoms with van der Waals surface area (Å²) in [6.07, 6.45) is 8.00. The fraction of sp³-hybridized carbons (Fsp3) is 0. The van der Waals surface area contributed by atoms with Gasteiger partial charge in [-0.25, -0.2) is 9.97 Å². The maximum absolute atomic E-state index is 9.58. The molecule has 2 aliphatic rings. The molecule has 0 saturated carbocycles. The van der Waals surface area contributed by atoms with E-state index in [9.17, 15) is 21.0 Å². The van der Waals surface area contributed by atoms with Gasteiger partial charge >= 0.3 is 0 Å². The Morgan fingerprint density at radius 2 is 0.526 bits per heavy atom. The molecule has 8 bridgehead atoms. The molecule has 0 unspecified atom stereocenters. The Kier molecular flexibility index (Phi) is 9.47. The predicted octanol–water partition coefficient (Wildman–Crippen LogP) is 10.8. The van der Waals surface area contributed by atoms with Crippen molar-refractivity contribution in [3.63, 3.8) is 0 Å². The van der Waals surface area contributed by atoms with E-state index in [1.165, 1.54) is 0 Å². The number of nitrogens with zero attached hydrogens (tertiary/aromatic N) is 6. The topological polar surface area (TPSA) is 153 Å². The van der Waals surface area contributed by atoms with Gasteiger partial charge in [-0.15, -0.1) is 0 Å². The Morgan fingerprint density at radius 3 is 0.719 bits per heavy atom. The summed E-state index contributed by atoms with van der Waals surface area (Å²) >= 11 is 0. The van der Waals surface area contributed by atoms with Crippen LogP contribution in [0.15, 0.2) is 121 Å². The summed E-state index contributed by atoms with van der Waals surface area (Å²) < 4.78 is 0. The average molecular weight is 770 g/mol. The number of hydrogen-bond donors (Lipinski definition) is 2. The molecular weight excluding hydrogens is 744 g/mol. The monoisotopic (exact) mass is 769 g/mol. The smallest absolute Gasteiger partial charge is 0.0991 e. The Morgan fingerprint density at radius 1 is 0.316 bits per heavy atom. The van der Waals surface area contributed by atoms with Crippen molar-refractivity contribution >= 4 is 46.4 Å². The first-order chi connectivity index (χ1) is 27.5. The summed E-state index contributed by atoms with van der Waals surface area (Å²) in [7, 11) is 0. The van der Waals surface area contributed by atoms with Gasteiger partial charge in [-0.3, -0.25) is 0 Å². The van der Waals surface area contributed by atoms with E-state index in [0.29, 0.717) is 22.3 Å². The first-order valence-corrected chi connectivity index (χ1v) is 17.7. The van der Waals surface area contributed by atoms with E-state index in [0.717, 1.165) is 89.4 Å². The van der Waals surface area contributed by atoms with E-state index in [-0.39, 0.29) is 17.1 Å². The van der Waals surface area contributed by atoms with Crippen molar-refractivity contribution < 1.29 is 17.1 Å². The minimum atomic E-state index is 0. The number of rotatable bonds is 4. The fourth-order valence-corrected chi connectivity index (χ4v) is 7.27. The van der Waals surface area contributed by atoms with E-state index in [4.69, 9.17) is 9.97 Å². The second-order valence-electron chi connectivity index (χ2n) is 13.3. The van der Waals surface area contributed by atoms with Crippen LogP contribution in [0.4, 0.5) is 0 Å². The second-order valence-corrected chi connectivity index (χ2v) is 13.3. The molecule has 8 nitrogen and oxygen atoms in total. The minimum absolute atomic E-state index is 0. The Bertz CT molecular complexity index is 2720. The largest absolute Gasteiger partial charge is 0.354 e. The molecule has 4 aromatic carbocycles. The number of benzene rings is 4. The molecule has 0 spiro atoms. The van der Waals surface area contributed by atoms with Crippen molar-refractivity contribution in [1.82, 2.24) is 19.9 Å². The SMILES string of the molecule is N#Cc1ccc(-c2c3nc(c(-c4ccc(C#N)cc4)c4ccc([nH]4)c(-c4ccc(C#N)cc4)c4nc(c(-c5ccc(C#N)cc5)c5ccc2[nH]5)C=C4)C=C3)cc1.[Mn]. The predicted molar refractivity (Wildman–Crippen MR) is 219 cm³/mol. The van der Waals surface area contributed by atoms with Gasteiger partial charge in [0.15, 0.2) is 0 Å². The summed E-state index contributed by atoms with van der Waals surface area (Å²) in [5, 5.41) is 38.3. The molecule has 9 heteroatoms. The minimum Gasteiger partial charge on any atom is -0.354 e. The summed E-state index contributed by atoms with van der Waals surface area (Å²) in [6.45, 7) is 0. The Balaban J connectivity index is 0.00000455. The maximum Gasteiger partial charge on any atom is 0.0991 e. The van der Waals surface area contributed by atoms with E-state index in [1.54, 1.807) is 48.5 Å². The van der Waals surface area contributed by atoms with E-state index in [1.807, 2.05) is 97.1 Å². The first kappa shape index (κ1) is 36.0. The second kappa shape index (κ2) is 15.0. The van der Waals surface area contributed by atoms with Crippen molar-refractivity contribution in [1.29, 1.82) is 21.0 Å². The number of aromatic nitrogens is 4. The molecular formula is C48H26MnN8. The first-order valence-electron chi connectivity index (χ1n) is 17.7. The zero-order valence-corrected chi connectivity index (χ0v) is 31.1. The number of H-pyrrole nitrogens is 2. The number of fused-ring (bicyclic) bond motifs is 8. The molecule has 5 heterocycles. The van der Waals surface area contributed by atoms with Crippen molar-refractivity contribution in [2.75, 3.05) is 0 Å². The molecule has 265 valence electrons. The number of aromatic amines is 2. The molecule has 9 rings (SSSR count). The maximum atomic E-state index is 9.58. The van der Waals surface area contributed by atoms with Crippen LogP contribution in [0.2, 0.25) is 0 Å². The average Bonchev–Trinajstić information content (AvgIpc) is 4.10. The van der Waals surface area contributed by atoms with Gasteiger partial charge in [0.1, 0.15) is 0 Å². The van der Waals surface area contributed by atoms with Gasteiger partial charge in [-0.05, 0) is 119 Å². The fourth-order valence-electron chi connectivity index (χ4n) is 7.27. The van der Waals surface area contributed by atoms with E-state index < -0.39 is 0 Å². The Hall–Kier alpha value is -8.04. The van der Waals surface area contributed by atoms with Gasteiger partial charge in [-0.2, -0.15) is 21.0 Å². The standard InChI is InChI=1S/C48H26N8.Mn/c49-25-29-1-9-33(10-2-29)45-37-17-19-39(53-37)46(34-11-3-30(26-50)4-12-34)41-21-23-43(55-41)48(36-15-7-32(28-52)8-16-36)44-24-22-42(56-44)47(40-20-18-38(45)54-40)35-13-5-31(27-51)6-14-35;/h1-24,53,56H;. The van der Waals surface area contributed by atoms with Crippen molar-refractivity contribution in [3.05, 3.63) is 166 Å². The summed E-state index contributed by atoms with van der Waals surface area (Å²) in [6, 6.07) is 46.8. The molecule has 2 aliphatic heterocycles. The molecule has 7 aromatic rings. The number of nitriles is 4. The molecule has 0 saturated heterocycles. The number of hydrogen-bond acceptors (Lipinski definition) is 6. The van der Waals surface area contributed by atoms with Crippen molar-refractivity contribution in [2.45, 2.75) is 0 Å². The van der Waals surface area contributed by atoms with Gasteiger partial charge in [0.25, 0.3) is 0 Å². The molecule has 0 fully saturated rings. The van der Waals surface area contributed by atoms with Gasteiger partial charge in [-0.1, -0.05) is 48.5 Å². The zero-order valence-electron chi connectivity index (χ0n) is 29.9. The zero-order chi connectivity index (χ0) is 38.2. The van der Waals surface area contributed by atoms with Crippen LogP contribution in [0.25, 0.3) is 90.9 Å². The van der Waals surface area contributed by atoms with Crippen LogP contribution in [0.5, 0.6) is 0 Å². The summed E-state index contributed by atoms with van der Waals surface area (Å²) in [5.41, 5.74) is 15.2. The van der Waals surface area contributed by atoms with Crippen LogP contribution in [0.1, 0.15) is 45.0 Å². The van der Waals surface area contributed by atoms with Gasteiger partial charge < -0.3 is 9.97 Å². The third-order valence-corrected chi connectivity index (χ3v) is 9.96. The Labute approximate surface area is 338 Å². The van der Waals surface area contributed by atoms with Crippen LogP contribution in [-0.2, 0) is 17.1 Å². The van der Waals surface area contributed by atoms with Crippen LogP contribution in [0, 0.1) is 45.3 Å². The molecule has 0 amide bonds. The summed E-state index contributed by atoms with van der Waals surface area (Å²) in [4.78, 5) is 17.9. The third kappa shape index (κ3) is 6.59. The van der Waals surface area contributed by atoms with Crippen molar-refractivity contribution in [2.24, 2.45) is 0 Å².